The van der Waals surface area contributed by atoms with Crippen LogP contribution in [-0.4, -0.2) is 4.92 Å². The van der Waals surface area contributed by atoms with Gasteiger partial charge in [0.25, 0.3) is 5.69 Å². The number of aryl methyl sites for hydroxylation is 1. The van der Waals surface area contributed by atoms with Crippen LogP contribution >= 0.6 is 27.3 Å². The number of hydrogen-bond donors (Lipinski definition) is 0. The normalized spacial score (nSPS) is 10.7. The molecule has 0 spiro atoms. The largest absolute Gasteiger partial charge is 0.270 e. The number of nitro groups is 1. The standard InChI is InChI=1S/C9H6BrNO2S/c1-5-9(10)7-3-2-6(11(12)13)4-8(7)14-5/h2-4H,1H3. The molecule has 0 fully saturated rings. The summed E-state index contributed by atoms with van der Waals surface area (Å²) in [7, 11) is 0. The minimum absolute atomic E-state index is 0.145. The third-order valence-electron chi connectivity index (χ3n) is 1.98. The number of halogens is 1. The monoisotopic (exact) mass is 271 g/mol. The average molecular weight is 272 g/mol. The van der Waals surface area contributed by atoms with E-state index in [0.717, 1.165) is 19.4 Å². The number of nitrogens with zero attached hydrogens (tertiary/aromatic N) is 1. The Kier molecular flexibility index (Phi) is 2.28. The van der Waals surface area contributed by atoms with Gasteiger partial charge in [-0.05, 0) is 28.9 Å². The fourth-order valence-corrected chi connectivity index (χ4v) is 3.00. The molecule has 0 amide bonds. The number of non-ortho nitro benzene ring substituents is 1. The van der Waals surface area contributed by atoms with E-state index in [1.807, 2.05) is 6.92 Å². The van der Waals surface area contributed by atoms with E-state index in [0.29, 0.717) is 0 Å². The molecule has 0 N–H and O–H groups in total. The van der Waals surface area contributed by atoms with Gasteiger partial charge < -0.3 is 0 Å². The molecule has 0 aliphatic rings. The molecular formula is C9H6BrNO2S. The number of nitro benzene ring substituents is 1. The molecule has 2 rings (SSSR count). The van der Waals surface area contributed by atoms with Crippen LogP contribution in [0.5, 0.6) is 0 Å². The Morgan fingerprint density at radius 2 is 2.21 bits per heavy atom. The van der Waals surface area contributed by atoms with Gasteiger partial charge in [0.05, 0.1) is 4.92 Å². The minimum Gasteiger partial charge on any atom is -0.258 e. The third kappa shape index (κ3) is 1.42. The summed E-state index contributed by atoms with van der Waals surface area (Å²) in [6.07, 6.45) is 0. The molecule has 14 heavy (non-hydrogen) atoms. The number of rotatable bonds is 1. The highest BCUT2D eigenvalue weighted by molar-refractivity contribution is 9.10. The van der Waals surface area contributed by atoms with Crippen molar-refractivity contribution in [3.05, 3.63) is 37.7 Å². The minimum atomic E-state index is -0.373. The molecule has 0 radical (unpaired) electrons. The summed E-state index contributed by atoms with van der Waals surface area (Å²) in [4.78, 5) is 11.3. The maximum Gasteiger partial charge on any atom is 0.270 e. The van der Waals surface area contributed by atoms with Crippen molar-refractivity contribution in [3.8, 4) is 0 Å². The zero-order chi connectivity index (χ0) is 10.3. The Labute approximate surface area is 92.6 Å². The Balaban J connectivity index is 2.73. The zero-order valence-electron chi connectivity index (χ0n) is 7.28. The Morgan fingerprint density at radius 3 is 2.86 bits per heavy atom. The summed E-state index contributed by atoms with van der Waals surface area (Å²) in [5, 5.41) is 11.6. The molecule has 0 atom stereocenters. The molecule has 0 aliphatic carbocycles. The van der Waals surface area contributed by atoms with Gasteiger partial charge in [-0.2, -0.15) is 0 Å². The molecule has 0 saturated heterocycles. The highest BCUT2D eigenvalue weighted by Gasteiger charge is 2.11. The van der Waals surface area contributed by atoms with E-state index in [1.54, 1.807) is 23.5 Å². The fourth-order valence-electron chi connectivity index (χ4n) is 1.29. The van der Waals surface area contributed by atoms with Crippen molar-refractivity contribution >= 4 is 43.0 Å². The van der Waals surface area contributed by atoms with Crippen LogP contribution in [0.1, 0.15) is 4.88 Å². The van der Waals surface area contributed by atoms with E-state index < -0.39 is 0 Å². The second-order valence-electron chi connectivity index (χ2n) is 2.91. The van der Waals surface area contributed by atoms with E-state index in [-0.39, 0.29) is 10.6 Å². The highest BCUT2D eigenvalue weighted by atomic mass is 79.9. The molecule has 0 bridgehead atoms. The van der Waals surface area contributed by atoms with Crippen LogP contribution in [0.15, 0.2) is 22.7 Å². The molecule has 1 aromatic carbocycles. The second-order valence-corrected chi connectivity index (χ2v) is 4.96. The molecule has 0 aliphatic heterocycles. The van der Waals surface area contributed by atoms with Crippen LogP contribution in [0.2, 0.25) is 0 Å². The van der Waals surface area contributed by atoms with Crippen molar-refractivity contribution < 1.29 is 4.92 Å². The predicted molar refractivity (Wildman–Crippen MR) is 60.9 cm³/mol. The topological polar surface area (TPSA) is 43.1 Å². The summed E-state index contributed by atoms with van der Waals surface area (Å²) in [5.41, 5.74) is 0.145. The molecule has 72 valence electrons. The van der Waals surface area contributed by atoms with Gasteiger partial charge in [0.15, 0.2) is 0 Å². The number of benzene rings is 1. The SMILES string of the molecule is Cc1sc2cc([N+](=O)[O-])ccc2c1Br. The molecular weight excluding hydrogens is 266 g/mol. The van der Waals surface area contributed by atoms with Crippen LogP contribution in [0.4, 0.5) is 5.69 Å². The first-order valence-corrected chi connectivity index (χ1v) is 5.53. The predicted octanol–water partition coefficient (Wildman–Crippen LogP) is 3.88. The molecule has 0 unspecified atom stereocenters. The lowest BCUT2D eigenvalue weighted by Crippen LogP contribution is -1.85. The smallest absolute Gasteiger partial charge is 0.258 e. The summed E-state index contributed by atoms with van der Waals surface area (Å²) >= 11 is 5.01. The van der Waals surface area contributed by atoms with Gasteiger partial charge in [0.2, 0.25) is 0 Å². The van der Waals surface area contributed by atoms with Crippen LogP contribution in [0.25, 0.3) is 10.1 Å². The summed E-state index contributed by atoms with van der Waals surface area (Å²) < 4.78 is 1.98. The van der Waals surface area contributed by atoms with Gasteiger partial charge in [-0.3, -0.25) is 10.1 Å². The first-order valence-electron chi connectivity index (χ1n) is 3.92. The Hall–Kier alpha value is -0.940. The van der Waals surface area contributed by atoms with Crippen LogP contribution < -0.4 is 0 Å². The number of fused-ring (bicyclic) bond motifs is 1. The van der Waals surface area contributed by atoms with Gasteiger partial charge in [0.1, 0.15) is 0 Å². The molecule has 0 saturated carbocycles. The molecule has 1 aromatic heterocycles. The number of thiophene rings is 1. The molecule has 3 nitrogen and oxygen atoms in total. The molecule has 1 heterocycles. The van der Waals surface area contributed by atoms with Crippen LogP contribution in [0, 0.1) is 17.0 Å². The summed E-state index contributed by atoms with van der Waals surface area (Å²) in [6.45, 7) is 1.99. The van der Waals surface area contributed by atoms with Gasteiger partial charge in [-0.25, -0.2) is 0 Å². The van der Waals surface area contributed by atoms with Crippen molar-refractivity contribution in [2.45, 2.75) is 6.92 Å². The van der Waals surface area contributed by atoms with Crippen molar-refractivity contribution in [1.29, 1.82) is 0 Å². The van der Waals surface area contributed by atoms with E-state index in [4.69, 9.17) is 0 Å². The van der Waals surface area contributed by atoms with Crippen LogP contribution in [0.3, 0.4) is 0 Å². The van der Waals surface area contributed by atoms with Crippen molar-refractivity contribution in [2.75, 3.05) is 0 Å². The summed E-state index contributed by atoms with van der Waals surface area (Å²) in [6, 6.07) is 4.91. The molecule has 2 aromatic rings. The van der Waals surface area contributed by atoms with Gasteiger partial charge in [0, 0.05) is 31.6 Å². The Bertz CT molecular complexity index is 521. The van der Waals surface area contributed by atoms with E-state index in [9.17, 15) is 10.1 Å². The zero-order valence-corrected chi connectivity index (χ0v) is 9.68. The second kappa shape index (κ2) is 3.33. The third-order valence-corrected chi connectivity index (χ3v) is 4.34. The highest BCUT2D eigenvalue weighted by Crippen LogP contribution is 2.36. The van der Waals surface area contributed by atoms with Gasteiger partial charge in [-0.15, -0.1) is 11.3 Å². The Morgan fingerprint density at radius 1 is 1.50 bits per heavy atom. The number of hydrogen-bond acceptors (Lipinski definition) is 3. The van der Waals surface area contributed by atoms with Crippen molar-refractivity contribution in [2.24, 2.45) is 0 Å². The van der Waals surface area contributed by atoms with E-state index in [1.165, 1.54) is 6.07 Å². The van der Waals surface area contributed by atoms with Crippen molar-refractivity contribution in [1.82, 2.24) is 0 Å². The quantitative estimate of drug-likeness (QED) is 0.584. The first kappa shape index (κ1) is 9.61. The average Bonchev–Trinajstić information content (AvgIpc) is 2.42. The van der Waals surface area contributed by atoms with Gasteiger partial charge in [-0.1, -0.05) is 0 Å². The maximum atomic E-state index is 10.5. The van der Waals surface area contributed by atoms with E-state index >= 15 is 0 Å². The first-order chi connectivity index (χ1) is 6.59. The lowest BCUT2D eigenvalue weighted by molar-refractivity contribution is -0.384. The van der Waals surface area contributed by atoms with Crippen LogP contribution in [-0.2, 0) is 0 Å². The van der Waals surface area contributed by atoms with E-state index in [2.05, 4.69) is 15.9 Å². The maximum absolute atomic E-state index is 10.5. The summed E-state index contributed by atoms with van der Waals surface area (Å²) in [5.74, 6) is 0. The lowest BCUT2D eigenvalue weighted by atomic mass is 10.2. The van der Waals surface area contributed by atoms with Gasteiger partial charge >= 0.3 is 0 Å². The fraction of sp³-hybridized carbons (Fsp3) is 0.111. The van der Waals surface area contributed by atoms with Crippen molar-refractivity contribution in [3.63, 3.8) is 0 Å². The lowest BCUT2D eigenvalue weighted by Gasteiger charge is -1.91. The molecule has 5 heteroatoms.